The van der Waals surface area contributed by atoms with E-state index < -0.39 is 0 Å². The number of guanidine groups is 1. The van der Waals surface area contributed by atoms with Crippen molar-refractivity contribution in [1.29, 1.82) is 0 Å². The molecule has 0 radical (unpaired) electrons. The average molecular weight is 476 g/mol. The molecule has 0 saturated carbocycles. The molecule has 1 aliphatic heterocycles. The predicted octanol–water partition coefficient (Wildman–Crippen LogP) is 2.65. The second kappa shape index (κ2) is 10.9. The minimum absolute atomic E-state index is 0. The molecule has 1 aliphatic rings. The fourth-order valence-corrected chi connectivity index (χ4v) is 3.09. The number of hydrogen-bond acceptors (Lipinski definition) is 4. The number of likely N-dealkylation sites (N-methyl/N-ethyl adjacent to an activating group) is 1. The summed E-state index contributed by atoms with van der Waals surface area (Å²) in [4.78, 5) is 6.53. The molecule has 0 aliphatic carbocycles. The first-order chi connectivity index (χ1) is 12.0. The Morgan fingerprint density at radius 1 is 1.31 bits per heavy atom. The number of ether oxygens (including phenoxy) is 2. The second-order valence-corrected chi connectivity index (χ2v) is 6.96. The number of hydrogen-bond donors (Lipinski definition) is 2. The van der Waals surface area contributed by atoms with Crippen LogP contribution in [0.1, 0.15) is 31.4 Å². The lowest BCUT2D eigenvalue weighted by Gasteiger charge is -2.28. The van der Waals surface area contributed by atoms with Gasteiger partial charge in [0.25, 0.3) is 0 Å². The highest BCUT2D eigenvalue weighted by Crippen LogP contribution is 2.24. The van der Waals surface area contributed by atoms with E-state index in [2.05, 4.69) is 53.7 Å². The highest BCUT2D eigenvalue weighted by molar-refractivity contribution is 14.0. The first-order valence-corrected chi connectivity index (χ1v) is 8.86. The summed E-state index contributed by atoms with van der Waals surface area (Å²) >= 11 is 0. The van der Waals surface area contributed by atoms with E-state index in [9.17, 15) is 0 Å². The summed E-state index contributed by atoms with van der Waals surface area (Å²) in [6.45, 7) is 4.53. The minimum Gasteiger partial charge on any atom is -0.497 e. The number of nitrogens with one attached hydrogen (secondary N) is 2. The Morgan fingerprint density at radius 2 is 2.00 bits per heavy atom. The Hall–Kier alpha value is -1.06. The van der Waals surface area contributed by atoms with E-state index in [1.807, 2.05) is 12.1 Å². The number of benzene rings is 1. The molecule has 0 spiro atoms. The molecule has 2 atom stereocenters. The van der Waals surface area contributed by atoms with Crippen LogP contribution in [-0.4, -0.2) is 64.4 Å². The molecule has 7 heteroatoms. The lowest BCUT2D eigenvalue weighted by Crippen LogP contribution is -2.47. The second-order valence-electron chi connectivity index (χ2n) is 6.96. The van der Waals surface area contributed by atoms with Crippen molar-refractivity contribution in [2.24, 2.45) is 4.99 Å². The van der Waals surface area contributed by atoms with Crippen LogP contribution in [0.3, 0.4) is 0 Å². The molecule has 0 amide bonds. The zero-order valence-corrected chi connectivity index (χ0v) is 18.9. The summed E-state index contributed by atoms with van der Waals surface area (Å²) in [6, 6.07) is 8.44. The number of rotatable bonds is 7. The van der Waals surface area contributed by atoms with Gasteiger partial charge in [-0.3, -0.25) is 4.99 Å². The predicted molar refractivity (Wildman–Crippen MR) is 118 cm³/mol. The minimum atomic E-state index is -0.0887. The smallest absolute Gasteiger partial charge is 0.191 e. The maximum Gasteiger partial charge on any atom is 0.191 e. The van der Waals surface area contributed by atoms with Crippen molar-refractivity contribution in [3.05, 3.63) is 29.8 Å². The summed E-state index contributed by atoms with van der Waals surface area (Å²) in [6.07, 6.45) is 2.22. The van der Waals surface area contributed by atoms with Gasteiger partial charge in [-0.2, -0.15) is 0 Å². The van der Waals surface area contributed by atoms with Crippen LogP contribution in [0.25, 0.3) is 0 Å². The fraction of sp³-hybridized carbons (Fsp3) is 0.632. The first kappa shape index (κ1) is 23.0. The average Bonchev–Trinajstić information content (AvgIpc) is 3.05. The zero-order valence-electron chi connectivity index (χ0n) is 16.5. The first-order valence-electron chi connectivity index (χ1n) is 8.86. The third kappa shape index (κ3) is 6.59. The molecule has 1 saturated heterocycles. The van der Waals surface area contributed by atoms with Crippen molar-refractivity contribution < 1.29 is 9.47 Å². The van der Waals surface area contributed by atoms with Gasteiger partial charge in [0, 0.05) is 26.7 Å². The maximum absolute atomic E-state index is 5.82. The van der Waals surface area contributed by atoms with Gasteiger partial charge in [0.05, 0.1) is 18.8 Å². The fourth-order valence-electron chi connectivity index (χ4n) is 3.09. The van der Waals surface area contributed by atoms with E-state index in [0.717, 1.165) is 44.2 Å². The third-order valence-corrected chi connectivity index (χ3v) is 4.74. The largest absolute Gasteiger partial charge is 0.497 e. The Kier molecular flexibility index (Phi) is 9.67. The summed E-state index contributed by atoms with van der Waals surface area (Å²) in [5.74, 6) is 1.67. The van der Waals surface area contributed by atoms with Crippen LogP contribution < -0.4 is 15.4 Å². The Balaban J connectivity index is 0.00000338. The van der Waals surface area contributed by atoms with Gasteiger partial charge >= 0.3 is 0 Å². The molecular formula is C19H33IN4O2. The van der Waals surface area contributed by atoms with Crippen molar-refractivity contribution in [2.45, 2.75) is 31.4 Å². The Morgan fingerprint density at radius 3 is 2.50 bits per heavy atom. The number of aliphatic imine (C=N–C) groups is 1. The molecule has 1 aromatic rings. The van der Waals surface area contributed by atoms with Crippen molar-refractivity contribution in [1.82, 2.24) is 15.5 Å². The van der Waals surface area contributed by atoms with Gasteiger partial charge in [0.1, 0.15) is 5.75 Å². The molecule has 2 rings (SSSR count). The molecule has 148 valence electrons. The molecule has 0 aromatic heterocycles. The van der Waals surface area contributed by atoms with E-state index in [4.69, 9.17) is 9.47 Å². The zero-order chi connectivity index (χ0) is 18.3. The number of nitrogens with zero attached hydrogens (tertiary/aromatic N) is 2. The van der Waals surface area contributed by atoms with Crippen molar-refractivity contribution in [2.75, 3.05) is 47.9 Å². The summed E-state index contributed by atoms with van der Waals surface area (Å²) in [7, 11) is 7.65. The molecule has 2 unspecified atom stereocenters. The van der Waals surface area contributed by atoms with Gasteiger partial charge in [-0.1, -0.05) is 12.1 Å². The Labute approximate surface area is 174 Å². The van der Waals surface area contributed by atoms with Gasteiger partial charge in [0.2, 0.25) is 0 Å². The number of methoxy groups -OCH3 is 1. The van der Waals surface area contributed by atoms with E-state index in [0.29, 0.717) is 0 Å². The quantitative estimate of drug-likeness (QED) is 0.360. The topological polar surface area (TPSA) is 58.1 Å². The van der Waals surface area contributed by atoms with Gasteiger partial charge in [-0.15, -0.1) is 24.0 Å². The van der Waals surface area contributed by atoms with Gasteiger partial charge < -0.3 is 25.0 Å². The molecular weight excluding hydrogens is 443 g/mol. The van der Waals surface area contributed by atoms with Crippen LogP contribution in [0, 0.1) is 0 Å². The maximum atomic E-state index is 5.82. The van der Waals surface area contributed by atoms with Crippen LogP contribution in [0.5, 0.6) is 5.75 Å². The summed E-state index contributed by atoms with van der Waals surface area (Å²) < 4.78 is 11.1. The standard InChI is InChI=1S/C19H32N4O2.HI/c1-19(11-6-12-25-19)14-22-18(20-2)21-13-17(23(3)4)15-7-9-16(24-5)10-8-15;/h7-10,17H,6,11-14H2,1-5H3,(H2,20,21,22);1H. The Bertz CT molecular complexity index is 557. The molecule has 1 fully saturated rings. The van der Waals surface area contributed by atoms with Crippen LogP contribution in [-0.2, 0) is 4.74 Å². The van der Waals surface area contributed by atoms with Crippen molar-refractivity contribution in [3.63, 3.8) is 0 Å². The molecule has 0 bridgehead atoms. The lowest BCUT2D eigenvalue weighted by molar-refractivity contribution is 0.0242. The van der Waals surface area contributed by atoms with Gasteiger partial charge in [-0.25, -0.2) is 0 Å². The normalized spacial score (nSPS) is 21.2. The summed E-state index contributed by atoms with van der Waals surface area (Å²) in [5, 5.41) is 6.82. The third-order valence-electron chi connectivity index (χ3n) is 4.74. The molecule has 1 aromatic carbocycles. The number of halogens is 1. The van der Waals surface area contributed by atoms with Crippen LogP contribution in [0.2, 0.25) is 0 Å². The van der Waals surface area contributed by atoms with Crippen LogP contribution >= 0.6 is 24.0 Å². The molecule has 2 N–H and O–H groups in total. The van der Waals surface area contributed by atoms with E-state index >= 15 is 0 Å². The highest BCUT2D eigenvalue weighted by atomic mass is 127. The van der Waals surface area contributed by atoms with Crippen LogP contribution in [0.4, 0.5) is 0 Å². The van der Waals surface area contributed by atoms with Crippen LogP contribution in [0.15, 0.2) is 29.3 Å². The van der Waals surface area contributed by atoms with E-state index in [1.54, 1.807) is 14.2 Å². The van der Waals surface area contributed by atoms with Gasteiger partial charge in [0.15, 0.2) is 5.96 Å². The highest BCUT2D eigenvalue weighted by Gasteiger charge is 2.29. The van der Waals surface area contributed by atoms with Gasteiger partial charge in [-0.05, 0) is 51.6 Å². The summed E-state index contributed by atoms with van der Waals surface area (Å²) in [5.41, 5.74) is 1.15. The molecule has 6 nitrogen and oxygen atoms in total. The van der Waals surface area contributed by atoms with Crippen molar-refractivity contribution >= 4 is 29.9 Å². The monoisotopic (exact) mass is 476 g/mol. The van der Waals surface area contributed by atoms with E-state index in [-0.39, 0.29) is 35.6 Å². The molecule has 1 heterocycles. The SMILES string of the molecule is CN=C(NCC(c1ccc(OC)cc1)N(C)C)NCC1(C)CCCO1.I. The lowest BCUT2D eigenvalue weighted by atomic mass is 10.0. The molecule has 26 heavy (non-hydrogen) atoms. The van der Waals surface area contributed by atoms with E-state index in [1.165, 1.54) is 5.56 Å². The van der Waals surface area contributed by atoms with Crippen molar-refractivity contribution in [3.8, 4) is 5.75 Å².